The first-order chi connectivity index (χ1) is 13.7. The molecule has 0 unspecified atom stereocenters. The van der Waals surface area contributed by atoms with E-state index in [4.69, 9.17) is 32.7 Å². The SMILES string of the molecule is COc1cc(OC)cc([C@@H](NS(=O)(=O)c2cc(Cl)cc(Cl)c2)c2nccn2C)c1. The van der Waals surface area contributed by atoms with Crippen LogP contribution in [0.25, 0.3) is 0 Å². The van der Waals surface area contributed by atoms with Gasteiger partial charge in [0.2, 0.25) is 10.0 Å². The Balaban J connectivity index is 2.12. The molecule has 2 aromatic carbocycles. The monoisotopic (exact) mass is 455 g/mol. The summed E-state index contributed by atoms with van der Waals surface area (Å²) in [5, 5.41) is 0.434. The van der Waals surface area contributed by atoms with E-state index >= 15 is 0 Å². The molecule has 0 fully saturated rings. The Labute approximate surface area is 179 Å². The van der Waals surface area contributed by atoms with Crippen LogP contribution < -0.4 is 14.2 Å². The number of hydrogen-bond acceptors (Lipinski definition) is 5. The van der Waals surface area contributed by atoms with E-state index in [2.05, 4.69) is 9.71 Å². The Kier molecular flexibility index (Phi) is 6.38. The van der Waals surface area contributed by atoms with Crippen LogP contribution in [0.5, 0.6) is 11.5 Å². The number of aryl methyl sites for hydroxylation is 1. The predicted octanol–water partition coefficient (Wildman–Crippen LogP) is 3.81. The molecule has 1 heterocycles. The number of aromatic nitrogens is 2. The summed E-state index contributed by atoms with van der Waals surface area (Å²) in [5.41, 5.74) is 0.590. The van der Waals surface area contributed by atoms with Crippen LogP contribution in [-0.2, 0) is 17.1 Å². The fourth-order valence-electron chi connectivity index (χ4n) is 2.83. The first-order valence-electron chi connectivity index (χ1n) is 8.42. The predicted molar refractivity (Wildman–Crippen MR) is 111 cm³/mol. The van der Waals surface area contributed by atoms with Gasteiger partial charge in [-0.05, 0) is 35.9 Å². The van der Waals surface area contributed by atoms with Crippen LogP contribution >= 0.6 is 23.2 Å². The van der Waals surface area contributed by atoms with Gasteiger partial charge in [0.1, 0.15) is 23.4 Å². The zero-order valence-corrected chi connectivity index (χ0v) is 18.2. The average molecular weight is 456 g/mol. The molecule has 0 radical (unpaired) electrons. The molecule has 29 heavy (non-hydrogen) atoms. The summed E-state index contributed by atoms with van der Waals surface area (Å²) in [4.78, 5) is 4.27. The van der Waals surface area contributed by atoms with Crippen molar-refractivity contribution in [1.82, 2.24) is 14.3 Å². The van der Waals surface area contributed by atoms with Crippen LogP contribution in [0.4, 0.5) is 0 Å². The van der Waals surface area contributed by atoms with E-state index < -0.39 is 16.1 Å². The summed E-state index contributed by atoms with van der Waals surface area (Å²) < 4.78 is 41.3. The van der Waals surface area contributed by atoms with Crippen molar-refractivity contribution >= 4 is 33.2 Å². The largest absolute Gasteiger partial charge is 0.497 e. The van der Waals surface area contributed by atoms with Crippen LogP contribution in [-0.4, -0.2) is 32.2 Å². The molecule has 0 amide bonds. The molecule has 3 aromatic rings. The number of nitrogens with one attached hydrogen (secondary N) is 1. The van der Waals surface area contributed by atoms with Crippen LogP contribution in [0.2, 0.25) is 10.0 Å². The lowest BCUT2D eigenvalue weighted by atomic mass is 10.1. The summed E-state index contributed by atoms with van der Waals surface area (Å²) in [5.74, 6) is 1.52. The van der Waals surface area contributed by atoms with E-state index in [1.54, 1.807) is 42.2 Å². The van der Waals surface area contributed by atoms with Gasteiger partial charge in [0.15, 0.2) is 0 Å². The summed E-state index contributed by atoms with van der Waals surface area (Å²) in [6, 6.07) is 8.44. The fraction of sp³-hybridized carbons (Fsp3) is 0.211. The smallest absolute Gasteiger partial charge is 0.241 e. The third-order valence-electron chi connectivity index (χ3n) is 4.24. The number of nitrogens with zero attached hydrogens (tertiary/aromatic N) is 2. The van der Waals surface area contributed by atoms with Crippen LogP contribution in [0.15, 0.2) is 53.7 Å². The minimum absolute atomic E-state index is 0.0518. The van der Waals surface area contributed by atoms with Gasteiger partial charge in [0.25, 0.3) is 0 Å². The number of sulfonamides is 1. The molecule has 7 nitrogen and oxygen atoms in total. The van der Waals surface area contributed by atoms with Gasteiger partial charge in [0.05, 0.1) is 19.1 Å². The molecule has 0 aliphatic rings. The Hall–Kier alpha value is -2.26. The van der Waals surface area contributed by atoms with Crippen molar-refractivity contribution in [2.75, 3.05) is 14.2 Å². The van der Waals surface area contributed by atoms with Gasteiger partial charge < -0.3 is 14.0 Å². The Morgan fingerprint density at radius 3 is 2.07 bits per heavy atom. The van der Waals surface area contributed by atoms with E-state index in [0.29, 0.717) is 22.9 Å². The molecular weight excluding hydrogens is 437 g/mol. The van der Waals surface area contributed by atoms with Crippen molar-refractivity contribution in [3.8, 4) is 11.5 Å². The normalized spacial score (nSPS) is 12.6. The maximum Gasteiger partial charge on any atom is 0.241 e. The minimum Gasteiger partial charge on any atom is -0.497 e. The maximum atomic E-state index is 13.1. The lowest BCUT2D eigenvalue weighted by Crippen LogP contribution is -2.31. The molecule has 0 saturated heterocycles. The van der Waals surface area contributed by atoms with Gasteiger partial charge in [-0.2, -0.15) is 4.72 Å². The second kappa shape index (κ2) is 8.62. The molecule has 0 spiro atoms. The average Bonchev–Trinajstić information content (AvgIpc) is 3.10. The number of rotatable bonds is 7. The Morgan fingerprint density at radius 1 is 1.00 bits per heavy atom. The van der Waals surface area contributed by atoms with E-state index in [0.717, 1.165) is 0 Å². The highest BCUT2D eigenvalue weighted by Crippen LogP contribution is 2.31. The Bertz CT molecular complexity index is 1090. The third-order valence-corrected chi connectivity index (χ3v) is 6.08. The second-order valence-electron chi connectivity index (χ2n) is 6.20. The lowest BCUT2D eigenvalue weighted by Gasteiger charge is -2.20. The van der Waals surface area contributed by atoms with Crippen molar-refractivity contribution in [2.24, 2.45) is 7.05 Å². The Morgan fingerprint density at radius 2 is 1.59 bits per heavy atom. The van der Waals surface area contributed by atoms with Crippen molar-refractivity contribution in [1.29, 1.82) is 0 Å². The van der Waals surface area contributed by atoms with Gasteiger partial charge in [-0.1, -0.05) is 23.2 Å². The molecule has 3 rings (SSSR count). The number of ether oxygens (including phenoxy) is 2. The highest BCUT2D eigenvalue weighted by molar-refractivity contribution is 7.89. The molecule has 1 atom stereocenters. The zero-order chi connectivity index (χ0) is 21.2. The third kappa shape index (κ3) is 4.84. The highest BCUT2D eigenvalue weighted by atomic mass is 35.5. The molecule has 1 N–H and O–H groups in total. The maximum absolute atomic E-state index is 13.1. The second-order valence-corrected chi connectivity index (χ2v) is 8.79. The number of halogens is 2. The van der Waals surface area contributed by atoms with Crippen LogP contribution in [0.3, 0.4) is 0 Å². The van der Waals surface area contributed by atoms with Crippen molar-refractivity contribution in [3.05, 3.63) is 70.2 Å². The zero-order valence-electron chi connectivity index (χ0n) is 15.9. The van der Waals surface area contributed by atoms with Crippen molar-refractivity contribution in [3.63, 3.8) is 0 Å². The van der Waals surface area contributed by atoms with Gasteiger partial charge in [-0.15, -0.1) is 0 Å². The molecule has 1 aromatic heterocycles. The summed E-state index contributed by atoms with van der Waals surface area (Å²) >= 11 is 12.0. The number of methoxy groups -OCH3 is 2. The van der Waals surface area contributed by atoms with Crippen LogP contribution in [0.1, 0.15) is 17.4 Å². The minimum atomic E-state index is -3.99. The molecule has 0 aliphatic carbocycles. The lowest BCUT2D eigenvalue weighted by molar-refractivity contribution is 0.392. The fourth-order valence-corrected chi connectivity index (χ4v) is 4.74. The van der Waals surface area contributed by atoms with Gasteiger partial charge in [-0.3, -0.25) is 0 Å². The van der Waals surface area contributed by atoms with Gasteiger partial charge >= 0.3 is 0 Å². The van der Waals surface area contributed by atoms with Crippen molar-refractivity contribution in [2.45, 2.75) is 10.9 Å². The van der Waals surface area contributed by atoms with E-state index in [1.165, 1.54) is 32.4 Å². The first kappa shape index (κ1) is 21.4. The topological polar surface area (TPSA) is 82.4 Å². The first-order valence-corrected chi connectivity index (χ1v) is 10.7. The number of imidazole rings is 1. The molecular formula is C19H19Cl2N3O4S. The van der Waals surface area contributed by atoms with Crippen molar-refractivity contribution < 1.29 is 17.9 Å². The number of hydrogen-bond donors (Lipinski definition) is 1. The molecule has 154 valence electrons. The standard InChI is InChI=1S/C19H19Cl2N3O4S/c1-24-5-4-22-19(24)18(12-6-15(27-2)11-16(7-12)28-3)23-29(25,26)17-9-13(20)8-14(21)10-17/h4-11,18,23H,1-3H3/t18-/m1/s1. The van der Waals surface area contributed by atoms with E-state index in [-0.39, 0.29) is 14.9 Å². The van der Waals surface area contributed by atoms with E-state index in [9.17, 15) is 8.42 Å². The molecule has 0 saturated carbocycles. The van der Waals surface area contributed by atoms with Crippen LogP contribution in [0, 0.1) is 0 Å². The van der Waals surface area contributed by atoms with Gasteiger partial charge in [0, 0.05) is 35.6 Å². The quantitative estimate of drug-likeness (QED) is 0.585. The summed E-state index contributed by atoms with van der Waals surface area (Å²) in [6.07, 6.45) is 3.31. The molecule has 0 aliphatic heterocycles. The van der Waals surface area contributed by atoms with Gasteiger partial charge in [-0.25, -0.2) is 13.4 Å². The molecule has 10 heteroatoms. The summed E-state index contributed by atoms with van der Waals surface area (Å²) in [7, 11) is 0.827. The highest BCUT2D eigenvalue weighted by Gasteiger charge is 2.27. The summed E-state index contributed by atoms with van der Waals surface area (Å²) in [6.45, 7) is 0. The van der Waals surface area contributed by atoms with E-state index in [1.807, 2.05) is 0 Å². The molecule has 0 bridgehead atoms. The number of benzene rings is 2.